The molecule has 2 aliphatic rings. The van der Waals surface area contributed by atoms with Gasteiger partial charge in [0.05, 0.1) is 16.9 Å². The standard InChI is InChI=1S/C19H19N5O2S/c25-18-12-26-17-4-3-13(10-14(17)22-18)27-24-11-16(23-8-6-20-7-9-23)19-15(24)2-1-5-21-19/h1-5,10-11,20H,6-9,12H2,(H,22,25). The number of benzene rings is 1. The molecule has 1 amide bonds. The van der Waals surface area contributed by atoms with Crippen LogP contribution in [-0.2, 0) is 4.79 Å². The zero-order valence-corrected chi connectivity index (χ0v) is 15.5. The van der Waals surface area contributed by atoms with Crippen molar-refractivity contribution in [3.05, 3.63) is 42.7 Å². The number of anilines is 2. The van der Waals surface area contributed by atoms with Crippen LogP contribution in [0.2, 0.25) is 0 Å². The maximum Gasteiger partial charge on any atom is 0.262 e. The van der Waals surface area contributed by atoms with Crippen molar-refractivity contribution in [2.45, 2.75) is 4.90 Å². The second-order valence-corrected chi connectivity index (χ2v) is 7.58. The van der Waals surface area contributed by atoms with Crippen molar-refractivity contribution < 1.29 is 9.53 Å². The first-order chi connectivity index (χ1) is 13.3. The summed E-state index contributed by atoms with van der Waals surface area (Å²) < 4.78 is 7.59. The van der Waals surface area contributed by atoms with Crippen LogP contribution in [0.5, 0.6) is 5.75 Å². The molecule has 0 unspecified atom stereocenters. The summed E-state index contributed by atoms with van der Waals surface area (Å²) in [5.41, 5.74) is 3.97. The Kier molecular flexibility index (Phi) is 4.14. The van der Waals surface area contributed by atoms with Crippen LogP contribution in [0.25, 0.3) is 11.0 Å². The Morgan fingerprint density at radius 3 is 2.96 bits per heavy atom. The molecule has 2 aromatic heterocycles. The Labute approximate surface area is 160 Å². The van der Waals surface area contributed by atoms with E-state index < -0.39 is 0 Å². The molecule has 5 rings (SSSR count). The van der Waals surface area contributed by atoms with Crippen molar-refractivity contribution >= 4 is 40.3 Å². The van der Waals surface area contributed by atoms with Gasteiger partial charge in [0.1, 0.15) is 11.3 Å². The van der Waals surface area contributed by atoms with E-state index in [1.165, 1.54) is 0 Å². The lowest BCUT2D eigenvalue weighted by atomic mass is 10.2. The van der Waals surface area contributed by atoms with Crippen LogP contribution in [0.15, 0.2) is 47.6 Å². The molecule has 27 heavy (non-hydrogen) atoms. The molecule has 138 valence electrons. The molecule has 2 N–H and O–H groups in total. The summed E-state index contributed by atoms with van der Waals surface area (Å²) in [6.07, 6.45) is 4.00. The molecule has 1 saturated heterocycles. The summed E-state index contributed by atoms with van der Waals surface area (Å²) in [6.45, 7) is 3.99. The largest absolute Gasteiger partial charge is 0.482 e. The normalized spacial score (nSPS) is 16.7. The summed E-state index contributed by atoms with van der Waals surface area (Å²) in [5.74, 6) is 0.584. The van der Waals surface area contributed by atoms with E-state index in [0.717, 1.165) is 47.8 Å². The molecule has 2 aliphatic heterocycles. The van der Waals surface area contributed by atoms with E-state index in [1.807, 2.05) is 30.5 Å². The van der Waals surface area contributed by atoms with Gasteiger partial charge in [-0.15, -0.1) is 0 Å². The fourth-order valence-electron chi connectivity index (χ4n) is 3.46. The van der Waals surface area contributed by atoms with Gasteiger partial charge in [-0.2, -0.15) is 0 Å². The van der Waals surface area contributed by atoms with Crippen LogP contribution in [0, 0.1) is 0 Å². The number of hydrogen-bond donors (Lipinski definition) is 2. The summed E-state index contributed by atoms with van der Waals surface area (Å²) in [6, 6.07) is 9.90. The molecule has 1 fully saturated rings. The summed E-state index contributed by atoms with van der Waals surface area (Å²) >= 11 is 1.60. The predicted molar refractivity (Wildman–Crippen MR) is 107 cm³/mol. The van der Waals surface area contributed by atoms with Gasteiger partial charge in [0, 0.05) is 43.5 Å². The van der Waals surface area contributed by atoms with Gasteiger partial charge in [-0.25, -0.2) is 0 Å². The number of nitrogens with one attached hydrogen (secondary N) is 2. The lowest BCUT2D eigenvalue weighted by Gasteiger charge is -2.28. The number of pyridine rings is 1. The summed E-state index contributed by atoms with van der Waals surface area (Å²) in [5, 5.41) is 6.26. The molecule has 0 saturated carbocycles. The third kappa shape index (κ3) is 3.11. The van der Waals surface area contributed by atoms with Gasteiger partial charge < -0.3 is 20.3 Å². The Morgan fingerprint density at radius 1 is 1.19 bits per heavy atom. The van der Waals surface area contributed by atoms with E-state index in [-0.39, 0.29) is 12.5 Å². The van der Waals surface area contributed by atoms with Crippen molar-refractivity contribution in [2.24, 2.45) is 0 Å². The van der Waals surface area contributed by atoms with E-state index in [2.05, 4.69) is 36.8 Å². The zero-order chi connectivity index (χ0) is 18.2. The second-order valence-electron chi connectivity index (χ2n) is 6.53. The van der Waals surface area contributed by atoms with E-state index in [9.17, 15) is 4.79 Å². The topological polar surface area (TPSA) is 71.4 Å². The van der Waals surface area contributed by atoms with Gasteiger partial charge in [0.15, 0.2) is 6.61 Å². The van der Waals surface area contributed by atoms with Gasteiger partial charge >= 0.3 is 0 Å². The summed E-state index contributed by atoms with van der Waals surface area (Å²) in [7, 11) is 0. The van der Waals surface area contributed by atoms with Crippen LogP contribution >= 0.6 is 11.9 Å². The van der Waals surface area contributed by atoms with Crippen LogP contribution in [-0.4, -0.2) is 47.6 Å². The van der Waals surface area contributed by atoms with Crippen molar-refractivity contribution in [1.29, 1.82) is 0 Å². The van der Waals surface area contributed by atoms with Gasteiger partial charge in [0.2, 0.25) is 0 Å². The average molecular weight is 381 g/mol. The van der Waals surface area contributed by atoms with Crippen molar-refractivity contribution in [2.75, 3.05) is 43.0 Å². The van der Waals surface area contributed by atoms with Crippen molar-refractivity contribution in [3.63, 3.8) is 0 Å². The molecule has 0 spiro atoms. The van der Waals surface area contributed by atoms with Gasteiger partial charge in [-0.1, -0.05) is 0 Å². The molecule has 0 atom stereocenters. The number of fused-ring (bicyclic) bond motifs is 2. The molecule has 0 radical (unpaired) electrons. The Morgan fingerprint density at radius 2 is 2.07 bits per heavy atom. The number of amides is 1. The van der Waals surface area contributed by atoms with E-state index >= 15 is 0 Å². The number of piperazine rings is 1. The number of ether oxygens (including phenoxy) is 1. The molecule has 4 heterocycles. The smallest absolute Gasteiger partial charge is 0.262 e. The highest BCUT2D eigenvalue weighted by atomic mass is 32.2. The van der Waals surface area contributed by atoms with Gasteiger partial charge in [-0.05, 0) is 42.3 Å². The van der Waals surface area contributed by atoms with Gasteiger partial charge in [0.25, 0.3) is 5.91 Å². The van der Waals surface area contributed by atoms with Crippen LogP contribution in [0.3, 0.4) is 0 Å². The number of carbonyl (C=O) groups is 1. The number of aromatic nitrogens is 2. The van der Waals surface area contributed by atoms with Gasteiger partial charge in [-0.3, -0.25) is 13.8 Å². The Balaban J connectivity index is 1.50. The number of hydrogen-bond acceptors (Lipinski definition) is 6. The highest BCUT2D eigenvalue weighted by Gasteiger charge is 2.19. The summed E-state index contributed by atoms with van der Waals surface area (Å²) in [4.78, 5) is 19.6. The van der Waals surface area contributed by atoms with Crippen LogP contribution in [0.1, 0.15) is 0 Å². The minimum Gasteiger partial charge on any atom is -0.482 e. The highest BCUT2D eigenvalue weighted by molar-refractivity contribution is 7.98. The molecule has 3 aromatic rings. The number of carbonyl (C=O) groups excluding carboxylic acids is 1. The molecular formula is C19H19N5O2S. The monoisotopic (exact) mass is 381 g/mol. The fourth-order valence-corrected chi connectivity index (χ4v) is 4.38. The quantitative estimate of drug-likeness (QED) is 0.726. The molecule has 1 aromatic carbocycles. The molecule has 7 nitrogen and oxygen atoms in total. The maximum absolute atomic E-state index is 11.6. The third-order valence-corrected chi connectivity index (χ3v) is 5.71. The maximum atomic E-state index is 11.6. The predicted octanol–water partition coefficient (Wildman–Crippen LogP) is 2.33. The SMILES string of the molecule is O=C1COc2ccc(Sn3cc(N4CCNCC4)c4ncccc43)cc2N1. The lowest BCUT2D eigenvalue weighted by molar-refractivity contribution is -0.118. The number of nitrogens with zero attached hydrogens (tertiary/aromatic N) is 3. The van der Waals surface area contributed by atoms with E-state index in [0.29, 0.717) is 11.4 Å². The number of rotatable bonds is 3. The van der Waals surface area contributed by atoms with Crippen molar-refractivity contribution in [3.8, 4) is 5.75 Å². The minimum absolute atomic E-state index is 0.0709. The first kappa shape index (κ1) is 16.5. The highest BCUT2D eigenvalue weighted by Crippen LogP contribution is 2.36. The van der Waals surface area contributed by atoms with Crippen molar-refractivity contribution in [1.82, 2.24) is 14.3 Å². The Hall–Kier alpha value is -2.71. The third-order valence-electron chi connectivity index (χ3n) is 4.75. The lowest BCUT2D eigenvalue weighted by Crippen LogP contribution is -2.43. The molecule has 0 bridgehead atoms. The Bertz CT molecular complexity index is 1010. The van der Waals surface area contributed by atoms with Crippen LogP contribution in [0.4, 0.5) is 11.4 Å². The van der Waals surface area contributed by atoms with E-state index in [4.69, 9.17) is 4.74 Å². The molecular weight excluding hydrogens is 362 g/mol. The first-order valence-electron chi connectivity index (χ1n) is 8.95. The second kappa shape index (κ2) is 6.79. The fraction of sp³-hybridized carbons (Fsp3) is 0.263. The minimum atomic E-state index is -0.124. The zero-order valence-electron chi connectivity index (χ0n) is 14.6. The molecule has 8 heteroatoms. The first-order valence-corrected chi connectivity index (χ1v) is 9.72. The van der Waals surface area contributed by atoms with Crippen LogP contribution < -0.4 is 20.3 Å². The average Bonchev–Trinajstić information content (AvgIpc) is 3.07. The molecule has 0 aliphatic carbocycles. The van der Waals surface area contributed by atoms with E-state index in [1.54, 1.807) is 11.9 Å².